The number of rotatable bonds is 0. The summed E-state index contributed by atoms with van der Waals surface area (Å²) in [5, 5.41) is 3.41. The third-order valence-electron chi connectivity index (χ3n) is 3.15. The highest BCUT2D eigenvalue weighted by molar-refractivity contribution is 5.34. The third kappa shape index (κ3) is 0.671. The van der Waals surface area contributed by atoms with E-state index in [1.54, 1.807) is 11.1 Å². The summed E-state index contributed by atoms with van der Waals surface area (Å²) < 4.78 is 0. The van der Waals surface area contributed by atoms with Gasteiger partial charge in [-0.2, -0.15) is 0 Å². The van der Waals surface area contributed by atoms with Gasteiger partial charge in [0.2, 0.25) is 0 Å². The van der Waals surface area contributed by atoms with Crippen molar-refractivity contribution in [3.8, 4) is 0 Å². The summed E-state index contributed by atoms with van der Waals surface area (Å²) in [4.78, 5) is 0. The van der Waals surface area contributed by atoms with Gasteiger partial charge in [0.15, 0.2) is 0 Å². The van der Waals surface area contributed by atoms with Crippen molar-refractivity contribution in [1.29, 1.82) is 0 Å². The molecule has 1 nitrogen and oxygen atoms in total. The van der Waals surface area contributed by atoms with Crippen LogP contribution in [0.25, 0.3) is 0 Å². The Morgan fingerprint density at radius 3 is 2.60 bits per heavy atom. The smallest absolute Gasteiger partial charge is 0.0170 e. The van der Waals surface area contributed by atoms with E-state index in [0.29, 0.717) is 0 Å². The first-order chi connectivity index (χ1) is 4.80. The van der Waals surface area contributed by atoms with Crippen LogP contribution < -0.4 is 5.32 Å². The van der Waals surface area contributed by atoms with Crippen molar-refractivity contribution >= 4 is 0 Å². The first-order valence-corrected chi connectivity index (χ1v) is 4.23. The highest BCUT2D eigenvalue weighted by atomic mass is 14.9. The zero-order valence-corrected chi connectivity index (χ0v) is 6.78. The third-order valence-corrected chi connectivity index (χ3v) is 3.15. The van der Waals surface area contributed by atoms with Crippen LogP contribution in [-0.4, -0.2) is 13.1 Å². The molecule has 2 aliphatic rings. The average molecular weight is 137 g/mol. The van der Waals surface area contributed by atoms with E-state index in [2.05, 4.69) is 19.2 Å². The van der Waals surface area contributed by atoms with Crippen LogP contribution in [0.1, 0.15) is 20.3 Å². The van der Waals surface area contributed by atoms with Gasteiger partial charge in [-0.25, -0.2) is 0 Å². The molecule has 0 amide bonds. The average Bonchev–Trinajstić information content (AvgIpc) is 2.03. The van der Waals surface area contributed by atoms with E-state index in [4.69, 9.17) is 0 Å². The van der Waals surface area contributed by atoms with Crippen LogP contribution >= 0.6 is 0 Å². The molecule has 0 aromatic heterocycles. The van der Waals surface area contributed by atoms with Crippen molar-refractivity contribution in [2.45, 2.75) is 20.3 Å². The van der Waals surface area contributed by atoms with Crippen LogP contribution in [0.4, 0.5) is 0 Å². The lowest BCUT2D eigenvalue weighted by atomic mass is 9.67. The molecule has 1 aliphatic heterocycles. The number of nitrogens with one attached hydrogen (secondary N) is 1. The fourth-order valence-corrected chi connectivity index (χ4v) is 2.20. The molecule has 0 bridgehead atoms. The Bertz CT molecular complexity index is 161. The molecule has 1 N–H and O–H groups in total. The Balaban J connectivity index is 2.21. The Morgan fingerprint density at radius 2 is 1.90 bits per heavy atom. The van der Waals surface area contributed by atoms with Crippen molar-refractivity contribution in [3.05, 3.63) is 11.1 Å². The topological polar surface area (TPSA) is 12.0 Å². The summed E-state index contributed by atoms with van der Waals surface area (Å²) in [7, 11) is 0. The van der Waals surface area contributed by atoms with E-state index in [1.165, 1.54) is 19.5 Å². The van der Waals surface area contributed by atoms with Gasteiger partial charge in [0.05, 0.1) is 0 Å². The fraction of sp³-hybridized carbons (Fsp3) is 0.778. The largest absolute Gasteiger partial charge is 0.313 e. The van der Waals surface area contributed by atoms with Gasteiger partial charge >= 0.3 is 0 Å². The molecule has 2 rings (SSSR count). The zero-order valence-electron chi connectivity index (χ0n) is 6.78. The lowest BCUT2D eigenvalue weighted by molar-refractivity contribution is 0.370. The van der Waals surface area contributed by atoms with Crippen LogP contribution in [0.5, 0.6) is 0 Å². The maximum Gasteiger partial charge on any atom is 0.0170 e. The Labute approximate surface area is 62.5 Å². The molecule has 1 aliphatic carbocycles. The van der Waals surface area contributed by atoms with E-state index < -0.39 is 0 Å². The van der Waals surface area contributed by atoms with Gasteiger partial charge in [-0.05, 0) is 24.8 Å². The Morgan fingerprint density at radius 1 is 1.20 bits per heavy atom. The molecule has 0 saturated carbocycles. The van der Waals surface area contributed by atoms with Crippen LogP contribution in [0.2, 0.25) is 0 Å². The predicted molar refractivity (Wildman–Crippen MR) is 42.8 cm³/mol. The van der Waals surface area contributed by atoms with Crippen molar-refractivity contribution in [2.24, 2.45) is 11.8 Å². The van der Waals surface area contributed by atoms with Gasteiger partial charge in [0, 0.05) is 6.54 Å². The van der Waals surface area contributed by atoms with Gasteiger partial charge in [0.25, 0.3) is 0 Å². The van der Waals surface area contributed by atoms with Crippen LogP contribution in [0.15, 0.2) is 11.1 Å². The molecule has 56 valence electrons. The standard InChI is InChI=1S/C9H15N/c1-6-7(2)9-5-10-4-3-8(6)9/h6-7,10H,3-5H2,1-2H3. The number of hydrogen-bond donors (Lipinski definition) is 1. The normalized spacial score (nSPS) is 39.0. The van der Waals surface area contributed by atoms with Crippen LogP contribution in [0.3, 0.4) is 0 Å². The fourth-order valence-electron chi connectivity index (χ4n) is 2.20. The molecule has 0 spiro atoms. The number of hydrogen-bond acceptors (Lipinski definition) is 1. The van der Waals surface area contributed by atoms with Crippen molar-refractivity contribution < 1.29 is 0 Å². The first-order valence-electron chi connectivity index (χ1n) is 4.23. The molecule has 2 atom stereocenters. The molecule has 10 heavy (non-hydrogen) atoms. The molecular weight excluding hydrogens is 122 g/mol. The lowest BCUT2D eigenvalue weighted by Crippen LogP contribution is -2.38. The lowest BCUT2D eigenvalue weighted by Gasteiger charge is -2.41. The van der Waals surface area contributed by atoms with Gasteiger partial charge in [-0.15, -0.1) is 0 Å². The summed E-state index contributed by atoms with van der Waals surface area (Å²) in [5.41, 5.74) is 3.46. The van der Waals surface area contributed by atoms with Crippen LogP contribution in [-0.2, 0) is 0 Å². The monoisotopic (exact) mass is 137 g/mol. The highest BCUT2D eigenvalue weighted by Gasteiger charge is 2.34. The second kappa shape index (κ2) is 2.09. The van der Waals surface area contributed by atoms with E-state index in [0.717, 1.165) is 11.8 Å². The van der Waals surface area contributed by atoms with Gasteiger partial charge in [-0.1, -0.05) is 25.0 Å². The summed E-state index contributed by atoms with van der Waals surface area (Å²) >= 11 is 0. The van der Waals surface area contributed by atoms with Crippen molar-refractivity contribution in [3.63, 3.8) is 0 Å². The second-order valence-electron chi connectivity index (χ2n) is 3.55. The minimum Gasteiger partial charge on any atom is -0.313 e. The summed E-state index contributed by atoms with van der Waals surface area (Å²) in [6, 6.07) is 0. The molecule has 0 fully saturated rings. The van der Waals surface area contributed by atoms with Gasteiger partial charge in [-0.3, -0.25) is 0 Å². The van der Waals surface area contributed by atoms with Gasteiger partial charge < -0.3 is 5.32 Å². The molecule has 1 heteroatoms. The molecule has 0 aromatic carbocycles. The molecule has 0 radical (unpaired) electrons. The molecular formula is C9H15N. The van der Waals surface area contributed by atoms with E-state index in [1.807, 2.05) is 0 Å². The minimum absolute atomic E-state index is 0.864. The molecule has 2 unspecified atom stereocenters. The van der Waals surface area contributed by atoms with E-state index in [-0.39, 0.29) is 0 Å². The Hall–Kier alpha value is -0.300. The highest BCUT2D eigenvalue weighted by Crippen LogP contribution is 2.42. The first kappa shape index (κ1) is 6.41. The van der Waals surface area contributed by atoms with Gasteiger partial charge in [0.1, 0.15) is 0 Å². The van der Waals surface area contributed by atoms with Crippen molar-refractivity contribution in [2.75, 3.05) is 13.1 Å². The predicted octanol–water partition coefficient (Wildman–Crippen LogP) is 1.56. The van der Waals surface area contributed by atoms with Crippen LogP contribution in [0, 0.1) is 11.8 Å². The summed E-state index contributed by atoms with van der Waals surface area (Å²) in [6.45, 7) is 7.07. The van der Waals surface area contributed by atoms with E-state index in [9.17, 15) is 0 Å². The molecule has 0 aromatic rings. The molecule has 0 saturated heterocycles. The second-order valence-corrected chi connectivity index (χ2v) is 3.55. The summed E-state index contributed by atoms with van der Waals surface area (Å²) in [6.07, 6.45) is 1.31. The SMILES string of the molecule is CC1C2=C(CNCC2)C1C. The Kier molecular flexibility index (Phi) is 1.34. The minimum atomic E-state index is 0.864. The maximum absolute atomic E-state index is 3.41. The maximum atomic E-state index is 3.41. The molecule has 1 heterocycles. The summed E-state index contributed by atoms with van der Waals surface area (Å²) in [5.74, 6) is 1.75. The van der Waals surface area contributed by atoms with Crippen molar-refractivity contribution in [1.82, 2.24) is 5.32 Å². The zero-order chi connectivity index (χ0) is 7.14. The quantitative estimate of drug-likeness (QED) is 0.500. The van der Waals surface area contributed by atoms with E-state index >= 15 is 0 Å².